The van der Waals surface area contributed by atoms with Crippen molar-refractivity contribution in [1.29, 1.82) is 0 Å². The highest BCUT2D eigenvalue weighted by Crippen LogP contribution is 2.28. The SMILES string of the molecule is Nc1cc(N(N)c2ccccc2)ccc1N(N)N. The lowest BCUT2D eigenvalue weighted by Gasteiger charge is -2.21. The molecule has 0 unspecified atom stereocenters. The Morgan fingerprint density at radius 1 is 0.778 bits per heavy atom. The van der Waals surface area contributed by atoms with E-state index in [9.17, 15) is 0 Å². The fourth-order valence-electron chi connectivity index (χ4n) is 1.66. The molecule has 6 nitrogen and oxygen atoms in total. The lowest BCUT2D eigenvalue weighted by atomic mass is 10.2. The number of nitrogen functional groups attached to an aromatic ring is 1. The van der Waals surface area contributed by atoms with E-state index in [1.54, 1.807) is 18.2 Å². The molecule has 0 spiro atoms. The summed E-state index contributed by atoms with van der Waals surface area (Å²) in [6.45, 7) is 0. The highest BCUT2D eigenvalue weighted by molar-refractivity contribution is 5.74. The van der Waals surface area contributed by atoms with Crippen molar-refractivity contribution < 1.29 is 0 Å². The first-order chi connectivity index (χ1) is 8.59. The Balaban J connectivity index is 2.32. The van der Waals surface area contributed by atoms with Crippen molar-refractivity contribution in [1.82, 2.24) is 0 Å². The Hall–Kier alpha value is -2.28. The van der Waals surface area contributed by atoms with Crippen molar-refractivity contribution in [2.24, 2.45) is 17.5 Å². The minimum Gasteiger partial charge on any atom is -0.397 e. The van der Waals surface area contributed by atoms with Gasteiger partial charge in [0.15, 0.2) is 0 Å². The molecule has 2 rings (SSSR count). The predicted molar refractivity (Wildman–Crippen MR) is 74.5 cm³/mol. The van der Waals surface area contributed by atoms with Crippen LogP contribution >= 0.6 is 0 Å². The molecule has 0 aromatic heterocycles. The van der Waals surface area contributed by atoms with E-state index in [4.69, 9.17) is 23.3 Å². The molecule has 8 N–H and O–H groups in total. The summed E-state index contributed by atoms with van der Waals surface area (Å²) < 4.78 is 0. The van der Waals surface area contributed by atoms with Crippen LogP contribution in [0.4, 0.5) is 22.7 Å². The lowest BCUT2D eigenvalue weighted by Crippen LogP contribution is -2.38. The number of nitrogens with zero attached hydrogens (tertiary/aromatic N) is 2. The van der Waals surface area contributed by atoms with Crippen molar-refractivity contribution in [3.05, 3.63) is 48.5 Å². The van der Waals surface area contributed by atoms with Gasteiger partial charge >= 0.3 is 0 Å². The second kappa shape index (κ2) is 4.92. The second-order valence-electron chi connectivity index (χ2n) is 3.86. The molecule has 0 amide bonds. The van der Waals surface area contributed by atoms with Crippen LogP contribution in [0.1, 0.15) is 0 Å². The number of hydrogen-bond donors (Lipinski definition) is 4. The third kappa shape index (κ3) is 2.35. The zero-order valence-electron chi connectivity index (χ0n) is 9.82. The van der Waals surface area contributed by atoms with E-state index >= 15 is 0 Å². The summed E-state index contributed by atoms with van der Waals surface area (Å²) in [5.74, 6) is 16.9. The molecule has 0 aliphatic carbocycles. The van der Waals surface area contributed by atoms with Gasteiger partial charge in [0, 0.05) is 0 Å². The van der Waals surface area contributed by atoms with Crippen molar-refractivity contribution in [3.8, 4) is 0 Å². The van der Waals surface area contributed by atoms with Gasteiger partial charge in [0.1, 0.15) is 0 Å². The van der Waals surface area contributed by atoms with Gasteiger partial charge in [-0.25, -0.2) is 22.6 Å². The lowest BCUT2D eigenvalue weighted by molar-refractivity contribution is 0.926. The number of hydrogen-bond acceptors (Lipinski definition) is 6. The van der Waals surface area contributed by atoms with Crippen LogP contribution in [0.15, 0.2) is 48.5 Å². The van der Waals surface area contributed by atoms with E-state index < -0.39 is 0 Å². The van der Waals surface area contributed by atoms with Gasteiger partial charge in [0.2, 0.25) is 0 Å². The van der Waals surface area contributed by atoms with Gasteiger partial charge < -0.3 is 5.73 Å². The number of rotatable bonds is 3. The van der Waals surface area contributed by atoms with Crippen LogP contribution in [0, 0.1) is 0 Å². The number of hydrazine groups is 3. The van der Waals surface area contributed by atoms with Crippen molar-refractivity contribution >= 4 is 22.7 Å². The van der Waals surface area contributed by atoms with Crippen molar-refractivity contribution in [3.63, 3.8) is 0 Å². The van der Waals surface area contributed by atoms with Crippen LogP contribution < -0.4 is 33.4 Å². The molecule has 94 valence electrons. The van der Waals surface area contributed by atoms with E-state index in [0.29, 0.717) is 11.4 Å². The van der Waals surface area contributed by atoms with Gasteiger partial charge in [0.25, 0.3) is 0 Å². The zero-order valence-corrected chi connectivity index (χ0v) is 9.82. The maximum Gasteiger partial charge on any atom is 0.0927 e. The van der Waals surface area contributed by atoms with Crippen molar-refractivity contribution in [2.45, 2.75) is 0 Å². The predicted octanol–water partition coefficient (Wildman–Crippen LogP) is 0.834. The van der Waals surface area contributed by atoms with E-state index in [1.807, 2.05) is 30.3 Å². The van der Waals surface area contributed by atoms with Gasteiger partial charge in [-0.2, -0.15) is 0 Å². The first-order valence-corrected chi connectivity index (χ1v) is 5.38. The molecule has 0 saturated carbocycles. The first kappa shape index (κ1) is 12.2. The first-order valence-electron chi connectivity index (χ1n) is 5.38. The summed E-state index contributed by atoms with van der Waals surface area (Å²) in [7, 11) is 0. The molecule has 0 bridgehead atoms. The van der Waals surface area contributed by atoms with Gasteiger partial charge in [-0.15, -0.1) is 0 Å². The monoisotopic (exact) mass is 244 g/mol. The average molecular weight is 244 g/mol. The Labute approximate surface area is 105 Å². The number of para-hydroxylation sites is 1. The standard InChI is InChI=1S/C12H16N6/c13-11-8-10(6-7-12(11)18(15)16)17(14)9-4-2-1-3-5-9/h1-8H,13-16H2. The molecule has 0 aliphatic rings. The minimum absolute atomic E-state index is 0.462. The van der Waals surface area contributed by atoms with E-state index in [1.165, 1.54) is 5.01 Å². The van der Waals surface area contributed by atoms with Crippen LogP contribution in [-0.2, 0) is 0 Å². The van der Waals surface area contributed by atoms with Gasteiger partial charge in [-0.3, -0.25) is 5.01 Å². The van der Waals surface area contributed by atoms with Crippen LogP contribution in [-0.4, -0.2) is 0 Å². The van der Waals surface area contributed by atoms with Crippen LogP contribution in [0.2, 0.25) is 0 Å². The fourth-order valence-corrected chi connectivity index (χ4v) is 1.66. The largest absolute Gasteiger partial charge is 0.397 e. The summed E-state index contributed by atoms with van der Waals surface area (Å²) in [4.78, 5) is 0. The zero-order chi connectivity index (χ0) is 13.1. The molecule has 2 aromatic carbocycles. The highest BCUT2D eigenvalue weighted by Gasteiger charge is 2.08. The summed E-state index contributed by atoms with van der Waals surface area (Å²) >= 11 is 0. The average Bonchev–Trinajstić information content (AvgIpc) is 2.38. The molecule has 18 heavy (non-hydrogen) atoms. The molecule has 2 aromatic rings. The molecule has 0 atom stereocenters. The summed E-state index contributed by atoms with van der Waals surface area (Å²) in [6, 6.07) is 14.8. The normalized spacial score (nSPS) is 10.2. The Bertz CT molecular complexity index is 525. The van der Waals surface area contributed by atoms with Crippen LogP contribution in [0.5, 0.6) is 0 Å². The van der Waals surface area contributed by atoms with E-state index in [0.717, 1.165) is 16.5 Å². The van der Waals surface area contributed by atoms with Gasteiger partial charge in [-0.1, -0.05) is 18.2 Å². The number of benzene rings is 2. The third-order valence-corrected chi connectivity index (χ3v) is 2.60. The minimum atomic E-state index is 0.462. The summed E-state index contributed by atoms with van der Waals surface area (Å²) in [6.07, 6.45) is 0. The van der Waals surface area contributed by atoms with E-state index in [-0.39, 0.29) is 0 Å². The molecule has 6 heteroatoms. The molecule has 0 heterocycles. The van der Waals surface area contributed by atoms with Crippen LogP contribution in [0.3, 0.4) is 0 Å². The Morgan fingerprint density at radius 2 is 1.44 bits per heavy atom. The molecule has 0 aliphatic heterocycles. The van der Waals surface area contributed by atoms with Gasteiger partial charge in [-0.05, 0) is 30.3 Å². The summed E-state index contributed by atoms with van der Waals surface area (Å²) in [5.41, 5.74) is 8.48. The maximum absolute atomic E-state index is 6.01. The molecule has 0 saturated heterocycles. The van der Waals surface area contributed by atoms with Crippen molar-refractivity contribution in [2.75, 3.05) is 15.9 Å². The molecule has 0 radical (unpaired) electrons. The maximum atomic E-state index is 6.01. The smallest absolute Gasteiger partial charge is 0.0927 e. The van der Waals surface area contributed by atoms with Gasteiger partial charge in [0.05, 0.1) is 22.7 Å². The quantitative estimate of drug-likeness (QED) is 0.361. The highest BCUT2D eigenvalue weighted by atomic mass is 15.6. The Kier molecular flexibility index (Phi) is 3.33. The number of nitrogens with two attached hydrogens (primary N) is 4. The van der Waals surface area contributed by atoms with Crippen LogP contribution in [0.25, 0.3) is 0 Å². The number of anilines is 4. The topological polar surface area (TPSA) is 111 Å². The Morgan fingerprint density at radius 3 is 2.00 bits per heavy atom. The third-order valence-electron chi connectivity index (χ3n) is 2.60. The van der Waals surface area contributed by atoms with E-state index in [2.05, 4.69) is 0 Å². The fraction of sp³-hybridized carbons (Fsp3) is 0. The molecular weight excluding hydrogens is 228 g/mol. The second-order valence-corrected chi connectivity index (χ2v) is 3.86. The molecule has 0 fully saturated rings. The molecular formula is C12H16N6. The summed E-state index contributed by atoms with van der Waals surface area (Å²) in [5, 5.41) is 2.51.